The second-order valence-electron chi connectivity index (χ2n) is 10.1. The van der Waals surface area contributed by atoms with Crippen LogP contribution in [0.2, 0.25) is 0 Å². The first-order valence-electron chi connectivity index (χ1n) is 11.0. The number of fused-ring (bicyclic) bond motifs is 1. The number of hydrazine groups is 1. The number of amides is 1. The molecule has 9 heteroatoms. The second-order valence-corrected chi connectivity index (χ2v) is 10.6. The Morgan fingerprint density at radius 2 is 2.07 bits per heavy atom. The molecule has 2 bridgehead atoms. The summed E-state index contributed by atoms with van der Waals surface area (Å²) in [6, 6.07) is 0.551. The van der Waals surface area contributed by atoms with Gasteiger partial charge < -0.3 is 15.4 Å². The lowest BCUT2D eigenvalue weighted by atomic mass is 9.44. The van der Waals surface area contributed by atoms with Gasteiger partial charge in [0.05, 0.1) is 17.6 Å². The molecule has 0 radical (unpaired) electrons. The molecular formula is C20H33ClFN5O2. The van der Waals surface area contributed by atoms with E-state index in [-0.39, 0.29) is 29.7 Å². The van der Waals surface area contributed by atoms with E-state index in [9.17, 15) is 9.18 Å². The second kappa shape index (κ2) is 7.57. The molecule has 2 heterocycles. The van der Waals surface area contributed by atoms with Gasteiger partial charge in [0.15, 0.2) is 0 Å². The van der Waals surface area contributed by atoms with E-state index in [1.54, 1.807) is 0 Å². The summed E-state index contributed by atoms with van der Waals surface area (Å²) >= 11 is 5.91. The van der Waals surface area contributed by atoms with Gasteiger partial charge in [-0.2, -0.15) is 0 Å². The van der Waals surface area contributed by atoms with Crippen molar-refractivity contribution in [3.05, 3.63) is 0 Å². The third-order valence-corrected chi connectivity index (χ3v) is 8.12. The van der Waals surface area contributed by atoms with Crippen molar-refractivity contribution in [1.29, 1.82) is 0 Å². The summed E-state index contributed by atoms with van der Waals surface area (Å²) in [5.41, 5.74) is 3.65. The molecule has 4 saturated carbocycles. The van der Waals surface area contributed by atoms with Gasteiger partial charge in [0, 0.05) is 43.1 Å². The molecule has 7 nitrogen and oxygen atoms in total. The minimum Gasteiger partial charge on any atom is -0.368 e. The van der Waals surface area contributed by atoms with Crippen molar-refractivity contribution in [3.63, 3.8) is 0 Å². The number of hydrogen-bond donors (Lipinski definition) is 4. The number of alkyl halides is 2. The molecular weight excluding hydrogens is 397 g/mol. The molecule has 2 aliphatic heterocycles. The first-order chi connectivity index (χ1) is 13.9. The van der Waals surface area contributed by atoms with Gasteiger partial charge in [-0.05, 0) is 45.1 Å². The average Bonchev–Trinajstić information content (AvgIpc) is 3.01. The zero-order chi connectivity index (χ0) is 20.2. The minimum atomic E-state index is -1.04. The van der Waals surface area contributed by atoms with Crippen molar-refractivity contribution in [3.8, 4) is 0 Å². The summed E-state index contributed by atoms with van der Waals surface area (Å²) in [6.45, 7) is 2.09. The number of ether oxygens (including phenoxy) is 1. The van der Waals surface area contributed by atoms with E-state index in [0.29, 0.717) is 31.0 Å². The molecule has 29 heavy (non-hydrogen) atoms. The maximum atomic E-state index is 13.7. The van der Waals surface area contributed by atoms with Crippen LogP contribution in [0.15, 0.2) is 0 Å². The third-order valence-electron chi connectivity index (χ3n) is 7.63. The van der Waals surface area contributed by atoms with Crippen LogP contribution < -0.4 is 21.4 Å². The van der Waals surface area contributed by atoms with Crippen LogP contribution >= 0.6 is 11.6 Å². The molecule has 0 aromatic carbocycles. The lowest BCUT2D eigenvalue weighted by Gasteiger charge is -2.71. The number of carbonyl (C=O) groups is 1. The van der Waals surface area contributed by atoms with Crippen LogP contribution in [-0.4, -0.2) is 78.6 Å². The van der Waals surface area contributed by atoms with Gasteiger partial charge >= 0.3 is 0 Å². The molecule has 6 aliphatic rings. The molecule has 164 valence electrons. The Balaban J connectivity index is 1.05. The Morgan fingerprint density at radius 3 is 2.83 bits per heavy atom. The molecule has 0 aromatic rings. The lowest BCUT2D eigenvalue weighted by molar-refractivity contribution is -0.151. The van der Waals surface area contributed by atoms with Crippen LogP contribution in [0.1, 0.15) is 44.9 Å². The number of carbonyl (C=O) groups excluding carboxylic acids is 1. The van der Waals surface area contributed by atoms with Crippen LogP contribution in [-0.2, 0) is 9.53 Å². The van der Waals surface area contributed by atoms with Gasteiger partial charge in [0.1, 0.15) is 12.8 Å². The van der Waals surface area contributed by atoms with Crippen molar-refractivity contribution in [2.24, 2.45) is 5.92 Å². The summed E-state index contributed by atoms with van der Waals surface area (Å²) in [4.78, 5) is 12.3. The SMILES string of the molecule is CN1CC2C(CCNC2NC23CC(NC(=O)COC4CCC(Cl)C(F)C4)(C2)C3)N1. The Hall–Kier alpha value is -0.510. The van der Waals surface area contributed by atoms with Gasteiger partial charge in [-0.25, -0.2) is 9.40 Å². The quantitative estimate of drug-likeness (QED) is 0.464. The zero-order valence-electron chi connectivity index (χ0n) is 17.1. The van der Waals surface area contributed by atoms with E-state index < -0.39 is 11.5 Å². The smallest absolute Gasteiger partial charge is 0.246 e. The van der Waals surface area contributed by atoms with E-state index in [2.05, 4.69) is 33.4 Å². The standard InChI is InChI=1S/C20H33ClFN5O2/c1-27-7-13-16(26-27)4-5-23-18(13)25-20-9-19(10-20,11-20)24-17(28)8-29-12-2-3-14(21)15(22)6-12/h12-16,18,23,25-26H,2-11H2,1H3,(H,24,28). The van der Waals surface area contributed by atoms with Crippen LogP contribution in [0.3, 0.4) is 0 Å². The predicted molar refractivity (Wildman–Crippen MR) is 108 cm³/mol. The predicted octanol–water partition coefficient (Wildman–Crippen LogP) is 0.636. The van der Waals surface area contributed by atoms with Crippen molar-refractivity contribution in [2.45, 2.75) is 85.9 Å². The van der Waals surface area contributed by atoms with Crippen molar-refractivity contribution in [1.82, 2.24) is 26.4 Å². The molecule has 6 unspecified atom stereocenters. The van der Waals surface area contributed by atoms with E-state index in [1.807, 2.05) is 0 Å². The fourth-order valence-corrected chi connectivity index (χ4v) is 6.55. The normalized spacial score (nSPS) is 49.1. The van der Waals surface area contributed by atoms with Crippen LogP contribution in [0.5, 0.6) is 0 Å². The number of halogens is 2. The van der Waals surface area contributed by atoms with Crippen LogP contribution in [0.25, 0.3) is 0 Å². The fourth-order valence-electron chi connectivity index (χ4n) is 6.32. The largest absolute Gasteiger partial charge is 0.368 e. The highest BCUT2D eigenvalue weighted by atomic mass is 35.5. The van der Waals surface area contributed by atoms with Gasteiger partial charge in [-0.3, -0.25) is 15.5 Å². The Morgan fingerprint density at radius 1 is 1.28 bits per heavy atom. The summed E-state index contributed by atoms with van der Waals surface area (Å²) in [5.74, 6) is 0.489. The first-order valence-corrected chi connectivity index (χ1v) is 11.5. The number of hydrogen-bond acceptors (Lipinski definition) is 6. The summed E-state index contributed by atoms with van der Waals surface area (Å²) in [7, 11) is 2.11. The van der Waals surface area contributed by atoms with Gasteiger partial charge in [0.2, 0.25) is 5.91 Å². The monoisotopic (exact) mass is 429 g/mol. The van der Waals surface area contributed by atoms with E-state index in [4.69, 9.17) is 16.3 Å². The number of nitrogens with zero attached hydrogens (tertiary/aromatic N) is 1. The van der Waals surface area contributed by atoms with E-state index in [1.165, 1.54) is 0 Å². The molecule has 0 spiro atoms. The molecule has 6 fully saturated rings. The molecule has 0 aromatic heterocycles. The van der Waals surface area contributed by atoms with E-state index >= 15 is 0 Å². The van der Waals surface area contributed by atoms with Crippen LogP contribution in [0, 0.1) is 5.92 Å². The highest BCUT2D eigenvalue weighted by molar-refractivity contribution is 6.21. The first kappa shape index (κ1) is 20.4. The van der Waals surface area contributed by atoms with E-state index in [0.717, 1.165) is 45.2 Å². The molecule has 6 rings (SSSR count). The molecule has 1 amide bonds. The molecule has 4 N–H and O–H groups in total. The van der Waals surface area contributed by atoms with Gasteiger partial charge in [-0.15, -0.1) is 11.6 Å². The Labute approximate surface area is 176 Å². The number of nitrogens with one attached hydrogen (secondary N) is 4. The highest BCUT2D eigenvalue weighted by Crippen LogP contribution is 2.60. The van der Waals surface area contributed by atoms with Gasteiger partial charge in [-0.1, -0.05) is 0 Å². The Bertz CT molecular complexity index is 635. The molecule has 4 aliphatic carbocycles. The Kier molecular flexibility index (Phi) is 5.32. The summed E-state index contributed by atoms with van der Waals surface area (Å²) in [5, 5.41) is 12.5. The van der Waals surface area contributed by atoms with Crippen molar-refractivity contribution >= 4 is 17.5 Å². The number of rotatable bonds is 6. The zero-order valence-corrected chi connectivity index (χ0v) is 17.8. The third kappa shape index (κ3) is 3.92. The number of piperidine rings is 1. The lowest BCUT2D eigenvalue weighted by Crippen LogP contribution is -2.85. The average molecular weight is 430 g/mol. The minimum absolute atomic E-state index is 0.0124. The van der Waals surface area contributed by atoms with Gasteiger partial charge in [0.25, 0.3) is 0 Å². The topological polar surface area (TPSA) is 77.7 Å². The van der Waals surface area contributed by atoms with Crippen molar-refractivity contribution in [2.75, 3.05) is 26.7 Å². The molecule has 6 atom stereocenters. The van der Waals surface area contributed by atoms with Crippen LogP contribution in [0.4, 0.5) is 4.39 Å². The molecule has 2 saturated heterocycles. The van der Waals surface area contributed by atoms with Crippen molar-refractivity contribution < 1.29 is 13.9 Å². The summed E-state index contributed by atoms with van der Waals surface area (Å²) in [6.07, 6.45) is 4.82. The fraction of sp³-hybridized carbons (Fsp3) is 0.950. The maximum absolute atomic E-state index is 13.7. The highest BCUT2D eigenvalue weighted by Gasteiger charge is 2.69. The summed E-state index contributed by atoms with van der Waals surface area (Å²) < 4.78 is 19.4. The maximum Gasteiger partial charge on any atom is 0.246 e.